The van der Waals surface area contributed by atoms with Gasteiger partial charge in [-0.15, -0.1) is 11.3 Å². The molecule has 0 radical (unpaired) electrons. The maximum Gasteiger partial charge on any atom is 0.329 e. The van der Waals surface area contributed by atoms with Gasteiger partial charge in [-0.1, -0.05) is 0 Å². The van der Waals surface area contributed by atoms with Crippen molar-refractivity contribution in [2.75, 3.05) is 0 Å². The zero-order valence-electron chi connectivity index (χ0n) is 10.1. The van der Waals surface area contributed by atoms with Gasteiger partial charge in [-0.25, -0.2) is 4.79 Å². The summed E-state index contributed by atoms with van der Waals surface area (Å²) in [5, 5.41) is 13.8. The lowest BCUT2D eigenvalue weighted by Gasteiger charge is -2.12. The molecule has 2 aliphatic rings. The van der Waals surface area contributed by atoms with Gasteiger partial charge in [0.15, 0.2) is 0 Å². The van der Waals surface area contributed by atoms with Crippen LogP contribution in [0.5, 0.6) is 0 Å². The minimum atomic E-state index is -0.950. The van der Waals surface area contributed by atoms with E-state index in [-0.39, 0.29) is 11.8 Å². The van der Waals surface area contributed by atoms with Gasteiger partial charge in [-0.2, -0.15) is 0 Å². The van der Waals surface area contributed by atoms with Crippen molar-refractivity contribution in [2.24, 2.45) is 5.92 Å². The van der Waals surface area contributed by atoms with Gasteiger partial charge in [0.2, 0.25) is 5.91 Å². The molecule has 2 fully saturated rings. The van der Waals surface area contributed by atoms with Crippen molar-refractivity contribution in [3.63, 3.8) is 0 Å². The second kappa shape index (κ2) is 3.82. The van der Waals surface area contributed by atoms with Crippen LogP contribution in [0.15, 0.2) is 11.4 Å². The lowest BCUT2D eigenvalue weighted by Crippen LogP contribution is -2.43. The first-order chi connectivity index (χ1) is 8.53. The van der Waals surface area contributed by atoms with Crippen LogP contribution in [0.3, 0.4) is 0 Å². The molecule has 0 aliphatic heterocycles. The van der Waals surface area contributed by atoms with Crippen molar-refractivity contribution < 1.29 is 14.7 Å². The van der Waals surface area contributed by atoms with E-state index in [1.807, 2.05) is 5.38 Å². The van der Waals surface area contributed by atoms with Crippen LogP contribution in [0.2, 0.25) is 0 Å². The predicted octanol–water partition coefficient (Wildman–Crippen LogP) is 1.89. The molecular formula is C13H15NO3S. The summed E-state index contributed by atoms with van der Waals surface area (Å²) in [5.41, 5.74) is 0.286. The summed E-state index contributed by atoms with van der Waals surface area (Å²) in [6.07, 6.45) is 1.97. The summed E-state index contributed by atoms with van der Waals surface area (Å²) in [7, 11) is 0. The van der Waals surface area contributed by atoms with E-state index in [2.05, 4.69) is 18.3 Å². The smallest absolute Gasteiger partial charge is 0.329 e. The number of aliphatic carboxylic acids is 1. The first-order valence-electron chi connectivity index (χ1n) is 6.13. The minimum Gasteiger partial charge on any atom is -0.480 e. The fraction of sp³-hybridized carbons (Fsp3) is 0.538. The molecule has 1 heterocycles. The monoisotopic (exact) mass is 265 g/mol. The minimum absolute atomic E-state index is 0.0285. The van der Waals surface area contributed by atoms with Crippen LogP contribution in [0.1, 0.15) is 35.6 Å². The molecule has 1 aromatic heterocycles. The Morgan fingerprint density at radius 3 is 2.72 bits per heavy atom. The van der Waals surface area contributed by atoms with Gasteiger partial charge < -0.3 is 10.4 Å². The highest BCUT2D eigenvalue weighted by Crippen LogP contribution is 2.51. The second-order valence-corrected chi connectivity index (χ2v) is 6.24. The zero-order chi connectivity index (χ0) is 12.9. The standard InChI is InChI=1S/C13H15NO3S/c1-7-2-5-18-10(7)8-6-9(8)11(15)14-13(3-4-13)12(16)17/h2,5,8-9H,3-4,6H2,1H3,(H,14,15)(H,16,17). The molecule has 2 atom stereocenters. The number of carboxylic acid groups (broad SMARTS) is 1. The van der Waals surface area contributed by atoms with Crippen molar-refractivity contribution in [2.45, 2.75) is 37.6 Å². The Hall–Kier alpha value is -1.36. The largest absolute Gasteiger partial charge is 0.480 e. The molecule has 0 aromatic carbocycles. The fourth-order valence-electron chi connectivity index (χ4n) is 2.38. The number of aryl methyl sites for hydroxylation is 1. The Kier molecular flexibility index (Phi) is 2.48. The van der Waals surface area contributed by atoms with Gasteiger partial charge >= 0.3 is 5.97 Å². The fourth-order valence-corrected chi connectivity index (χ4v) is 3.49. The van der Waals surface area contributed by atoms with Gasteiger partial charge in [-0.3, -0.25) is 4.79 Å². The van der Waals surface area contributed by atoms with E-state index < -0.39 is 11.5 Å². The van der Waals surface area contributed by atoms with Gasteiger partial charge in [-0.05, 0) is 43.2 Å². The van der Waals surface area contributed by atoms with E-state index in [1.54, 1.807) is 11.3 Å². The van der Waals surface area contributed by atoms with Gasteiger partial charge in [0, 0.05) is 16.7 Å². The average Bonchev–Trinajstić information content (AvgIpc) is 3.20. The Morgan fingerprint density at radius 2 is 2.22 bits per heavy atom. The number of rotatable bonds is 4. The maximum atomic E-state index is 12.0. The van der Waals surface area contributed by atoms with Crippen molar-refractivity contribution in [3.8, 4) is 0 Å². The molecule has 2 N–H and O–H groups in total. The summed E-state index contributed by atoms with van der Waals surface area (Å²) in [4.78, 5) is 24.3. The molecule has 96 valence electrons. The van der Waals surface area contributed by atoms with Crippen molar-refractivity contribution in [1.82, 2.24) is 5.32 Å². The number of hydrogen-bond donors (Lipinski definition) is 2. The predicted molar refractivity (Wildman–Crippen MR) is 67.6 cm³/mol. The summed E-state index contributed by atoms with van der Waals surface area (Å²) in [6.45, 7) is 2.05. The molecule has 0 bridgehead atoms. The number of thiophene rings is 1. The number of carbonyl (C=O) groups is 2. The normalized spacial score (nSPS) is 27.6. The van der Waals surface area contributed by atoms with Crippen LogP contribution in [0.4, 0.5) is 0 Å². The van der Waals surface area contributed by atoms with Crippen molar-refractivity contribution in [3.05, 3.63) is 21.9 Å². The molecule has 3 rings (SSSR count). The van der Waals surface area contributed by atoms with Gasteiger partial charge in [0.05, 0.1) is 0 Å². The van der Waals surface area contributed by atoms with E-state index in [0.717, 1.165) is 6.42 Å². The summed E-state index contributed by atoms with van der Waals surface area (Å²) < 4.78 is 0. The molecule has 18 heavy (non-hydrogen) atoms. The summed E-state index contributed by atoms with van der Waals surface area (Å²) in [6, 6.07) is 2.06. The highest BCUT2D eigenvalue weighted by atomic mass is 32.1. The Labute approximate surface area is 109 Å². The topological polar surface area (TPSA) is 66.4 Å². The van der Waals surface area contributed by atoms with Crippen LogP contribution >= 0.6 is 11.3 Å². The Balaban J connectivity index is 1.64. The zero-order valence-corrected chi connectivity index (χ0v) is 10.9. The number of carbonyl (C=O) groups excluding carboxylic acids is 1. The van der Waals surface area contributed by atoms with Crippen molar-refractivity contribution >= 4 is 23.2 Å². The Bertz CT molecular complexity index is 518. The highest BCUT2D eigenvalue weighted by Gasteiger charge is 2.55. The molecule has 5 heteroatoms. The molecule has 0 spiro atoms. The molecule has 2 aliphatic carbocycles. The van der Waals surface area contributed by atoms with Crippen LogP contribution in [-0.4, -0.2) is 22.5 Å². The average molecular weight is 265 g/mol. The van der Waals surface area contributed by atoms with E-state index in [9.17, 15) is 9.59 Å². The Morgan fingerprint density at radius 1 is 1.50 bits per heavy atom. The second-order valence-electron chi connectivity index (χ2n) is 5.29. The lowest BCUT2D eigenvalue weighted by molar-refractivity contribution is -0.143. The molecule has 4 nitrogen and oxygen atoms in total. The number of carboxylic acids is 1. The first kappa shape index (κ1) is 11.7. The molecule has 1 amide bonds. The van der Waals surface area contributed by atoms with Gasteiger partial charge in [0.25, 0.3) is 0 Å². The summed E-state index contributed by atoms with van der Waals surface area (Å²) in [5.74, 6) is -0.721. The van der Waals surface area contributed by atoms with Crippen LogP contribution < -0.4 is 5.32 Å². The number of amides is 1. The molecule has 1 aromatic rings. The lowest BCUT2D eigenvalue weighted by atomic mass is 10.2. The van der Waals surface area contributed by atoms with Crippen LogP contribution in [0, 0.1) is 12.8 Å². The quantitative estimate of drug-likeness (QED) is 0.873. The molecule has 0 saturated heterocycles. The SMILES string of the molecule is Cc1ccsc1C1CC1C(=O)NC1(C(=O)O)CC1. The van der Waals surface area contributed by atoms with E-state index in [0.29, 0.717) is 18.8 Å². The van der Waals surface area contributed by atoms with E-state index in [4.69, 9.17) is 5.11 Å². The van der Waals surface area contributed by atoms with Gasteiger partial charge in [0.1, 0.15) is 5.54 Å². The third-order valence-electron chi connectivity index (χ3n) is 3.89. The van der Waals surface area contributed by atoms with E-state index in [1.165, 1.54) is 10.4 Å². The molecule has 2 unspecified atom stereocenters. The third-order valence-corrected chi connectivity index (χ3v) is 5.04. The third kappa shape index (κ3) is 1.82. The molecule has 2 saturated carbocycles. The van der Waals surface area contributed by atoms with Crippen molar-refractivity contribution in [1.29, 1.82) is 0 Å². The highest BCUT2D eigenvalue weighted by molar-refractivity contribution is 7.10. The van der Waals surface area contributed by atoms with E-state index >= 15 is 0 Å². The maximum absolute atomic E-state index is 12.0. The van der Waals surface area contributed by atoms with Crippen LogP contribution in [-0.2, 0) is 9.59 Å². The summed E-state index contributed by atoms with van der Waals surface area (Å²) >= 11 is 1.68. The number of nitrogens with one attached hydrogen (secondary N) is 1. The number of hydrogen-bond acceptors (Lipinski definition) is 3. The first-order valence-corrected chi connectivity index (χ1v) is 7.01. The van der Waals surface area contributed by atoms with Crippen LogP contribution in [0.25, 0.3) is 0 Å². The molecular weight excluding hydrogens is 250 g/mol.